The van der Waals surface area contributed by atoms with Crippen LogP contribution in [0.5, 0.6) is 23.0 Å². The van der Waals surface area contributed by atoms with Crippen LogP contribution in [0.1, 0.15) is 17.5 Å². The molecule has 1 atom stereocenters. The number of hydrogen-bond donors (Lipinski definition) is 1. The predicted molar refractivity (Wildman–Crippen MR) is 157 cm³/mol. The van der Waals surface area contributed by atoms with Crippen LogP contribution < -0.4 is 29.2 Å². The SMILES string of the molecule is O=C(CC1CN(Cc2ccc3c(c2)OCO3)CCN1c1cc(Cl)nc(-n2ccnc2)n1)NCc1ccc2c(c1)OCCO2. The van der Waals surface area contributed by atoms with Gasteiger partial charge in [0.2, 0.25) is 18.6 Å². The van der Waals surface area contributed by atoms with Gasteiger partial charge in [-0.05, 0) is 35.4 Å². The number of halogens is 1. The topological polar surface area (TPSA) is 116 Å². The first kappa shape index (κ1) is 27.3. The fraction of sp³-hybridized carbons (Fsp3) is 0.333. The van der Waals surface area contributed by atoms with Gasteiger partial charge in [-0.3, -0.25) is 14.3 Å². The smallest absolute Gasteiger partial charge is 0.238 e. The molecule has 1 amide bonds. The Hall–Kier alpha value is -4.55. The summed E-state index contributed by atoms with van der Waals surface area (Å²) in [5.74, 6) is 3.96. The van der Waals surface area contributed by atoms with Crippen molar-refractivity contribution < 1.29 is 23.7 Å². The third-order valence-corrected chi connectivity index (χ3v) is 7.82. The van der Waals surface area contributed by atoms with E-state index in [2.05, 4.69) is 31.2 Å². The van der Waals surface area contributed by atoms with E-state index in [4.69, 9.17) is 35.5 Å². The number of anilines is 1. The predicted octanol–water partition coefficient (Wildman–Crippen LogP) is 3.21. The second kappa shape index (κ2) is 12.0. The standard InChI is InChI=1S/C30H30ClN7O5/c31-27-14-28(35-30(34-27)37-6-5-32-18-37)38-8-7-36(16-21-2-4-24-26(12-21)43-19-42-24)17-22(38)13-29(39)33-15-20-1-3-23-25(11-20)41-10-9-40-23/h1-6,11-12,14,18,22H,7-10,13,15-17,19H2,(H,33,39). The molecule has 222 valence electrons. The number of amides is 1. The van der Waals surface area contributed by atoms with Crippen molar-refractivity contribution in [1.29, 1.82) is 0 Å². The van der Waals surface area contributed by atoms with E-state index in [0.717, 1.165) is 34.9 Å². The van der Waals surface area contributed by atoms with Crippen LogP contribution in [0.2, 0.25) is 5.15 Å². The second-order valence-corrected chi connectivity index (χ2v) is 10.9. The van der Waals surface area contributed by atoms with E-state index < -0.39 is 0 Å². The summed E-state index contributed by atoms with van der Waals surface area (Å²) >= 11 is 6.45. The lowest BCUT2D eigenvalue weighted by Gasteiger charge is -2.42. The van der Waals surface area contributed by atoms with E-state index in [-0.39, 0.29) is 25.2 Å². The van der Waals surface area contributed by atoms with Crippen molar-refractivity contribution in [2.45, 2.75) is 25.6 Å². The fourth-order valence-electron chi connectivity index (χ4n) is 5.56. The first-order valence-corrected chi connectivity index (χ1v) is 14.5. The van der Waals surface area contributed by atoms with Crippen LogP contribution in [0.4, 0.5) is 5.82 Å². The summed E-state index contributed by atoms with van der Waals surface area (Å²) in [5, 5.41) is 3.40. The van der Waals surface area contributed by atoms with Gasteiger partial charge in [-0.2, -0.15) is 4.98 Å². The molecular weight excluding hydrogens is 574 g/mol. The van der Waals surface area contributed by atoms with Crippen LogP contribution in [-0.4, -0.2) is 76.0 Å². The molecule has 0 spiro atoms. The normalized spacial score (nSPS) is 17.6. The van der Waals surface area contributed by atoms with Crippen molar-refractivity contribution in [2.24, 2.45) is 0 Å². The molecule has 1 N–H and O–H groups in total. The molecule has 3 aliphatic heterocycles. The van der Waals surface area contributed by atoms with Crippen molar-refractivity contribution in [3.05, 3.63) is 77.5 Å². The average Bonchev–Trinajstić information content (AvgIpc) is 3.73. The molecule has 7 rings (SSSR count). The zero-order chi connectivity index (χ0) is 29.2. The maximum Gasteiger partial charge on any atom is 0.238 e. The molecule has 1 saturated heterocycles. The number of nitrogens with zero attached hydrogens (tertiary/aromatic N) is 6. The molecule has 3 aliphatic rings. The number of benzene rings is 2. The largest absolute Gasteiger partial charge is 0.486 e. The molecule has 2 aromatic heterocycles. The highest BCUT2D eigenvalue weighted by Crippen LogP contribution is 2.34. The summed E-state index contributed by atoms with van der Waals surface area (Å²) in [6.07, 6.45) is 5.32. The van der Waals surface area contributed by atoms with E-state index in [0.29, 0.717) is 62.1 Å². The van der Waals surface area contributed by atoms with E-state index in [1.807, 2.05) is 30.3 Å². The van der Waals surface area contributed by atoms with Crippen LogP contribution in [0.15, 0.2) is 61.2 Å². The van der Waals surface area contributed by atoms with Gasteiger partial charge in [-0.15, -0.1) is 0 Å². The van der Waals surface area contributed by atoms with Gasteiger partial charge in [-0.25, -0.2) is 9.97 Å². The van der Waals surface area contributed by atoms with Gasteiger partial charge in [0.05, 0.1) is 6.04 Å². The fourth-order valence-corrected chi connectivity index (χ4v) is 5.73. The molecule has 0 radical (unpaired) electrons. The minimum Gasteiger partial charge on any atom is -0.486 e. The van der Waals surface area contributed by atoms with Crippen LogP contribution in [-0.2, 0) is 17.9 Å². The summed E-state index contributed by atoms with van der Waals surface area (Å²) in [4.78, 5) is 31.1. The lowest BCUT2D eigenvalue weighted by Crippen LogP contribution is -2.54. The Morgan fingerprint density at radius 2 is 1.70 bits per heavy atom. The molecule has 2 aromatic carbocycles. The molecule has 5 heterocycles. The Morgan fingerprint density at radius 3 is 2.56 bits per heavy atom. The molecule has 43 heavy (non-hydrogen) atoms. The molecular formula is C30H30ClN7O5. The molecule has 1 unspecified atom stereocenters. The maximum atomic E-state index is 13.3. The third kappa shape index (κ3) is 6.15. The second-order valence-electron chi connectivity index (χ2n) is 10.5. The summed E-state index contributed by atoms with van der Waals surface area (Å²) in [6.45, 7) is 4.45. The summed E-state index contributed by atoms with van der Waals surface area (Å²) in [6, 6.07) is 13.3. The first-order valence-electron chi connectivity index (χ1n) is 14.1. The molecule has 0 bridgehead atoms. The average molecular weight is 604 g/mol. The van der Waals surface area contributed by atoms with E-state index in [1.165, 1.54) is 0 Å². The molecule has 1 fully saturated rings. The van der Waals surface area contributed by atoms with Gasteiger partial charge in [0, 0.05) is 57.6 Å². The Bertz CT molecular complexity index is 1620. The molecule has 12 nitrogen and oxygen atoms in total. The molecule has 4 aromatic rings. The van der Waals surface area contributed by atoms with Crippen LogP contribution >= 0.6 is 11.6 Å². The number of aromatic nitrogens is 4. The number of rotatable bonds is 8. The number of carbonyl (C=O) groups is 1. The lowest BCUT2D eigenvalue weighted by atomic mass is 10.1. The maximum absolute atomic E-state index is 13.3. The molecule has 0 saturated carbocycles. The van der Waals surface area contributed by atoms with Gasteiger partial charge in [0.1, 0.15) is 30.5 Å². The minimum absolute atomic E-state index is 0.0650. The van der Waals surface area contributed by atoms with Gasteiger partial charge >= 0.3 is 0 Å². The highest BCUT2D eigenvalue weighted by molar-refractivity contribution is 6.29. The van der Waals surface area contributed by atoms with E-state index >= 15 is 0 Å². The van der Waals surface area contributed by atoms with Crippen molar-refractivity contribution >= 4 is 23.3 Å². The zero-order valence-electron chi connectivity index (χ0n) is 23.3. The first-order chi connectivity index (χ1) is 21.1. The number of fused-ring (bicyclic) bond motifs is 2. The summed E-state index contributed by atoms with van der Waals surface area (Å²) in [7, 11) is 0. The number of piperazine rings is 1. The number of ether oxygens (including phenoxy) is 4. The Morgan fingerprint density at radius 1 is 0.930 bits per heavy atom. The summed E-state index contributed by atoms with van der Waals surface area (Å²) in [5.41, 5.74) is 2.06. The van der Waals surface area contributed by atoms with Crippen LogP contribution in [0, 0.1) is 0 Å². The Kier molecular flexibility index (Phi) is 7.60. The van der Waals surface area contributed by atoms with E-state index in [9.17, 15) is 4.79 Å². The monoisotopic (exact) mass is 603 g/mol. The number of nitrogens with one attached hydrogen (secondary N) is 1. The molecule has 13 heteroatoms. The van der Waals surface area contributed by atoms with Crippen LogP contribution in [0.3, 0.4) is 0 Å². The van der Waals surface area contributed by atoms with Gasteiger partial charge in [-0.1, -0.05) is 23.7 Å². The highest BCUT2D eigenvalue weighted by Gasteiger charge is 2.31. The van der Waals surface area contributed by atoms with Gasteiger partial charge in [0.15, 0.2) is 23.0 Å². The zero-order valence-corrected chi connectivity index (χ0v) is 24.1. The van der Waals surface area contributed by atoms with E-state index in [1.54, 1.807) is 29.4 Å². The van der Waals surface area contributed by atoms with Crippen molar-refractivity contribution in [3.8, 4) is 28.9 Å². The lowest BCUT2D eigenvalue weighted by molar-refractivity contribution is -0.121. The quantitative estimate of drug-likeness (QED) is 0.301. The van der Waals surface area contributed by atoms with Gasteiger partial charge in [0.25, 0.3) is 0 Å². The van der Waals surface area contributed by atoms with Crippen molar-refractivity contribution in [1.82, 2.24) is 29.7 Å². The Labute approximate surface area is 253 Å². The summed E-state index contributed by atoms with van der Waals surface area (Å²) < 4.78 is 24.1. The Balaban J connectivity index is 1.08. The van der Waals surface area contributed by atoms with Crippen molar-refractivity contribution in [2.75, 3.05) is 44.5 Å². The number of imidazole rings is 1. The third-order valence-electron chi connectivity index (χ3n) is 7.63. The minimum atomic E-state index is -0.162. The van der Waals surface area contributed by atoms with Gasteiger partial charge < -0.3 is 29.2 Å². The molecule has 0 aliphatic carbocycles. The highest BCUT2D eigenvalue weighted by atomic mass is 35.5. The number of hydrogen-bond acceptors (Lipinski definition) is 10. The number of carbonyl (C=O) groups excluding carboxylic acids is 1. The van der Waals surface area contributed by atoms with Crippen LogP contribution in [0.25, 0.3) is 5.95 Å². The van der Waals surface area contributed by atoms with Crippen molar-refractivity contribution in [3.63, 3.8) is 0 Å².